The first-order valence-corrected chi connectivity index (χ1v) is 5.88. The van der Waals surface area contributed by atoms with E-state index in [1.165, 1.54) is 0 Å². The summed E-state index contributed by atoms with van der Waals surface area (Å²) >= 11 is 0. The van der Waals surface area contributed by atoms with Crippen molar-refractivity contribution in [2.75, 3.05) is 0 Å². The molecule has 0 atom stereocenters. The van der Waals surface area contributed by atoms with Crippen LogP contribution in [0.4, 0.5) is 0 Å². The molecule has 112 valence electrons. The summed E-state index contributed by atoms with van der Waals surface area (Å²) in [6.07, 6.45) is 3.67. The van der Waals surface area contributed by atoms with Crippen molar-refractivity contribution in [1.82, 2.24) is 14.9 Å². The third-order valence-corrected chi connectivity index (χ3v) is 2.36. The number of carbonyl (C=O) groups excluding carboxylic acids is 1. The molecule has 1 heterocycles. The minimum atomic E-state index is -0.852. The van der Waals surface area contributed by atoms with Crippen LogP contribution in [0.3, 0.4) is 0 Å². The van der Waals surface area contributed by atoms with E-state index < -0.39 is 5.54 Å². The molecule has 0 aliphatic heterocycles. The Labute approximate surface area is 127 Å². The lowest BCUT2D eigenvalue weighted by Crippen LogP contribution is -2.49. The maximum absolute atomic E-state index is 11.6. The number of rotatable bonds is 5. The van der Waals surface area contributed by atoms with Crippen molar-refractivity contribution in [2.24, 2.45) is 11.7 Å². The number of amides is 1. The van der Waals surface area contributed by atoms with Crippen molar-refractivity contribution in [3.63, 3.8) is 0 Å². The number of halogens is 2. The van der Waals surface area contributed by atoms with Crippen LogP contribution in [-0.2, 0) is 17.9 Å². The van der Waals surface area contributed by atoms with Gasteiger partial charge in [0.25, 0.3) is 0 Å². The number of nitrogens with two attached hydrogens (primary N) is 1. The molecule has 0 saturated carbocycles. The van der Waals surface area contributed by atoms with Crippen molar-refractivity contribution in [1.29, 1.82) is 0 Å². The molecule has 0 spiro atoms. The second kappa shape index (κ2) is 8.40. The summed E-state index contributed by atoms with van der Waals surface area (Å²) < 4.78 is 2.05. The van der Waals surface area contributed by atoms with E-state index in [1.54, 1.807) is 20.0 Å². The molecule has 0 unspecified atom stereocenters. The van der Waals surface area contributed by atoms with E-state index in [0.717, 1.165) is 12.4 Å². The van der Waals surface area contributed by atoms with Crippen molar-refractivity contribution in [2.45, 2.75) is 46.3 Å². The molecular formula is C12H24Cl2N4O. The highest BCUT2D eigenvalue weighted by molar-refractivity contribution is 5.85. The molecule has 1 rings (SSSR count). The first-order valence-electron chi connectivity index (χ1n) is 5.88. The molecule has 1 amide bonds. The number of nitrogens with one attached hydrogen (secondary N) is 1. The third kappa shape index (κ3) is 6.80. The maximum Gasteiger partial charge on any atom is 0.239 e. The molecule has 1 aromatic heterocycles. The van der Waals surface area contributed by atoms with Crippen molar-refractivity contribution >= 4 is 30.7 Å². The van der Waals surface area contributed by atoms with E-state index in [0.29, 0.717) is 12.5 Å². The fraction of sp³-hybridized carbons (Fsp3) is 0.667. The van der Waals surface area contributed by atoms with Gasteiger partial charge in [-0.3, -0.25) is 4.79 Å². The van der Waals surface area contributed by atoms with Gasteiger partial charge in [0.1, 0.15) is 5.82 Å². The van der Waals surface area contributed by atoms with Gasteiger partial charge in [-0.25, -0.2) is 4.98 Å². The zero-order valence-electron chi connectivity index (χ0n) is 11.8. The normalized spacial score (nSPS) is 10.6. The predicted octanol–water partition coefficient (Wildman–Crippen LogP) is 1.74. The molecule has 0 aliphatic carbocycles. The van der Waals surface area contributed by atoms with Gasteiger partial charge in [0.15, 0.2) is 0 Å². The molecule has 0 fully saturated rings. The highest BCUT2D eigenvalue weighted by atomic mass is 35.5. The second-order valence-electron chi connectivity index (χ2n) is 5.29. The maximum atomic E-state index is 11.6. The van der Waals surface area contributed by atoms with Crippen molar-refractivity contribution < 1.29 is 4.79 Å². The fourth-order valence-corrected chi connectivity index (χ4v) is 1.45. The van der Waals surface area contributed by atoms with Crippen LogP contribution in [0, 0.1) is 5.92 Å². The van der Waals surface area contributed by atoms with Crippen LogP contribution in [0.25, 0.3) is 0 Å². The first kappa shape index (κ1) is 20.5. The summed E-state index contributed by atoms with van der Waals surface area (Å²) in [5.74, 6) is 1.23. The Bertz CT molecular complexity index is 385. The molecule has 0 radical (unpaired) electrons. The summed E-state index contributed by atoms with van der Waals surface area (Å²) in [5, 5.41) is 2.79. The molecule has 0 bridgehead atoms. The number of imidazole rings is 1. The quantitative estimate of drug-likeness (QED) is 0.870. The Hall–Kier alpha value is -0.780. The van der Waals surface area contributed by atoms with Crippen molar-refractivity contribution in [3.05, 3.63) is 18.2 Å². The van der Waals surface area contributed by atoms with E-state index in [1.807, 2.05) is 6.20 Å². The Balaban J connectivity index is 0. The van der Waals surface area contributed by atoms with Gasteiger partial charge >= 0.3 is 0 Å². The van der Waals surface area contributed by atoms with Gasteiger partial charge in [-0.15, -0.1) is 24.8 Å². The number of carbonyl (C=O) groups is 1. The highest BCUT2D eigenvalue weighted by Crippen LogP contribution is 2.04. The Morgan fingerprint density at radius 2 is 2.05 bits per heavy atom. The van der Waals surface area contributed by atoms with E-state index in [-0.39, 0.29) is 30.7 Å². The summed E-state index contributed by atoms with van der Waals surface area (Å²) in [7, 11) is 0. The van der Waals surface area contributed by atoms with Crippen LogP contribution >= 0.6 is 24.8 Å². The zero-order valence-corrected chi connectivity index (χ0v) is 13.5. The van der Waals surface area contributed by atoms with E-state index in [2.05, 4.69) is 28.7 Å². The summed E-state index contributed by atoms with van der Waals surface area (Å²) in [4.78, 5) is 15.9. The van der Waals surface area contributed by atoms with E-state index >= 15 is 0 Å². The van der Waals surface area contributed by atoms with Crippen LogP contribution < -0.4 is 11.1 Å². The van der Waals surface area contributed by atoms with Crippen LogP contribution in [0.5, 0.6) is 0 Å². The van der Waals surface area contributed by atoms with Gasteiger partial charge in [0.2, 0.25) is 5.91 Å². The molecular weight excluding hydrogens is 287 g/mol. The van der Waals surface area contributed by atoms with E-state index in [9.17, 15) is 4.79 Å². The minimum absolute atomic E-state index is 0. The van der Waals surface area contributed by atoms with E-state index in [4.69, 9.17) is 5.73 Å². The largest absolute Gasteiger partial charge is 0.347 e. The Morgan fingerprint density at radius 1 is 1.47 bits per heavy atom. The van der Waals surface area contributed by atoms with Crippen molar-refractivity contribution in [3.8, 4) is 0 Å². The molecule has 0 aromatic carbocycles. The third-order valence-electron chi connectivity index (χ3n) is 2.36. The molecule has 7 heteroatoms. The van der Waals surface area contributed by atoms with Crippen LogP contribution in [0.15, 0.2) is 12.4 Å². The summed E-state index contributed by atoms with van der Waals surface area (Å²) in [6.45, 7) is 8.97. The predicted molar refractivity (Wildman–Crippen MR) is 81.7 cm³/mol. The topological polar surface area (TPSA) is 72.9 Å². The molecule has 0 aliphatic rings. The SMILES string of the molecule is CC(C)Cn1ccnc1CNC(=O)C(C)(C)N.Cl.Cl. The first-order chi connectivity index (χ1) is 7.80. The van der Waals surface area contributed by atoms with Gasteiger partial charge in [-0.2, -0.15) is 0 Å². The summed E-state index contributed by atoms with van der Waals surface area (Å²) in [6, 6.07) is 0. The fourth-order valence-electron chi connectivity index (χ4n) is 1.45. The Morgan fingerprint density at radius 3 is 2.53 bits per heavy atom. The number of nitrogens with zero attached hydrogens (tertiary/aromatic N) is 2. The minimum Gasteiger partial charge on any atom is -0.347 e. The van der Waals surface area contributed by atoms with Gasteiger partial charge in [0.05, 0.1) is 12.1 Å². The van der Waals surface area contributed by atoms with Gasteiger partial charge < -0.3 is 15.6 Å². The standard InChI is InChI=1S/C12H22N4O.2ClH/c1-9(2)8-16-6-5-14-10(16)7-15-11(17)12(3,4)13;;/h5-6,9H,7-8,13H2,1-4H3,(H,15,17);2*1H. The smallest absolute Gasteiger partial charge is 0.239 e. The van der Waals surface area contributed by atoms with Crippen LogP contribution in [0.2, 0.25) is 0 Å². The molecule has 3 N–H and O–H groups in total. The molecule has 0 saturated heterocycles. The van der Waals surface area contributed by atoms with Gasteiger partial charge in [0, 0.05) is 18.9 Å². The average Bonchev–Trinajstić information content (AvgIpc) is 2.59. The number of hydrogen-bond donors (Lipinski definition) is 2. The zero-order chi connectivity index (χ0) is 13.1. The van der Waals surface area contributed by atoms with Gasteiger partial charge in [-0.05, 0) is 19.8 Å². The van der Waals surface area contributed by atoms with Crippen LogP contribution in [-0.4, -0.2) is 21.0 Å². The second-order valence-corrected chi connectivity index (χ2v) is 5.29. The highest BCUT2D eigenvalue weighted by Gasteiger charge is 2.21. The molecule has 19 heavy (non-hydrogen) atoms. The summed E-state index contributed by atoms with van der Waals surface area (Å²) in [5.41, 5.74) is 4.85. The lowest BCUT2D eigenvalue weighted by atomic mass is 10.1. The average molecular weight is 311 g/mol. The van der Waals surface area contributed by atoms with Crippen LogP contribution in [0.1, 0.15) is 33.5 Å². The number of hydrogen-bond acceptors (Lipinski definition) is 3. The van der Waals surface area contributed by atoms with Gasteiger partial charge in [-0.1, -0.05) is 13.8 Å². The molecule has 1 aromatic rings. The Kier molecular flexibility index (Phi) is 9.08. The lowest BCUT2D eigenvalue weighted by molar-refractivity contribution is -0.125. The molecule has 5 nitrogen and oxygen atoms in total. The lowest BCUT2D eigenvalue weighted by Gasteiger charge is -2.18. The monoisotopic (exact) mass is 310 g/mol. The number of aromatic nitrogens is 2.